The molecule has 0 aliphatic heterocycles. The minimum Gasteiger partial charge on any atom is -0.318 e. The normalized spacial score (nSPS) is 10.3. The van der Waals surface area contributed by atoms with Crippen LogP contribution in [0.1, 0.15) is 21.5 Å². The van der Waals surface area contributed by atoms with Gasteiger partial charge in [0.2, 0.25) is 6.41 Å². The molecule has 0 aliphatic rings. The van der Waals surface area contributed by atoms with Crippen LogP contribution in [0.3, 0.4) is 0 Å². The van der Waals surface area contributed by atoms with Crippen molar-refractivity contribution in [1.29, 1.82) is 0 Å². The Morgan fingerprint density at radius 1 is 1.10 bits per heavy atom. The summed E-state index contributed by atoms with van der Waals surface area (Å²) in [5.74, 6) is -2.11. The average Bonchev–Trinajstić information content (AvgIpc) is 2.49. The Kier molecular flexibility index (Phi) is 4.12. The third-order valence-electron chi connectivity index (χ3n) is 3.19. The van der Waals surface area contributed by atoms with E-state index in [1.54, 1.807) is 19.2 Å². The molecule has 1 amide bonds. The van der Waals surface area contributed by atoms with Gasteiger partial charge in [-0.05, 0) is 42.8 Å². The van der Waals surface area contributed by atoms with E-state index in [0.717, 1.165) is 0 Å². The first kappa shape index (κ1) is 14.8. The van der Waals surface area contributed by atoms with Crippen molar-refractivity contribution in [3.05, 3.63) is 64.7 Å². The number of amides is 1. The predicted octanol–water partition coefficient (Wildman–Crippen LogP) is 3.10. The fraction of sp³-hybridized carbons (Fsp3) is 0.125. The SMILES string of the molecule is Cc1cc(C(=O)c2ccc(N(C)C=O)cc2)c(F)cc1F. The summed E-state index contributed by atoms with van der Waals surface area (Å²) >= 11 is 0. The Labute approximate surface area is 120 Å². The van der Waals surface area contributed by atoms with E-state index in [4.69, 9.17) is 0 Å². The van der Waals surface area contributed by atoms with Crippen molar-refractivity contribution >= 4 is 17.9 Å². The molecule has 0 saturated carbocycles. The Morgan fingerprint density at radius 3 is 2.29 bits per heavy atom. The number of carbonyl (C=O) groups is 2. The topological polar surface area (TPSA) is 37.4 Å². The molecule has 0 spiro atoms. The van der Waals surface area contributed by atoms with Gasteiger partial charge in [0.25, 0.3) is 0 Å². The van der Waals surface area contributed by atoms with Gasteiger partial charge in [-0.2, -0.15) is 0 Å². The third-order valence-corrected chi connectivity index (χ3v) is 3.19. The van der Waals surface area contributed by atoms with Crippen LogP contribution in [0.25, 0.3) is 0 Å². The van der Waals surface area contributed by atoms with Crippen LogP contribution in [-0.2, 0) is 4.79 Å². The van der Waals surface area contributed by atoms with Gasteiger partial charge in [-0.3, -0.25) is 9.59 Å². The standard InChI is InChI=1S/C16H13F2NO2/c1-10-7-13(15(18)8-14(10)17)16(21)11-3-5-12(6-4-11)19(2)9-20/h3-9H,1-2H3. The van der Waals surface area contributed by atoms with Gasteiger partial charge in [0.05, 0.1) is 5.56 Å². The Balaban J connectivity index is 2.36. The minimum atomic E-state index is -0.891. The van der Waals surface area contributed by atoms with E-state index in [2.05, 4.69) is 0 Å². The van der Waals surface area contributed by atoms with Crippen LogP contribution < -0.4 is 4.90 Å². The van der Waals surface area contributed by atoms with Crippen molar-refractivity contribution in [2.45, 2.75) is 6.92 Å². The van der Waals surface area contributed by atoms with Crippen molar-refractivity contribution in [2.24, 2.45) is 0 Å². The Bertz CT molecular complexity index is 696. The molecule has 2 rings (SSSR count). The number of benzene rings is 2. The number of halogens is 2. The molecule has 108 valence electrons. The fourth-order valence-corrected chi connectivity index (χ4v) is 1.90. The highest BCUT2D eigenvalue weighted by atomic mass is 19.1. The lowest BCUT2D eigenvalue weighted by molar-refractivity contribution is -0.107. The van der Waals surface area contributed by atoms with E-state index in [0.29, 0.717) is 18.2 Å². The minimum absolute atomic E-state index is 0.176. The maximum atomic E-state index is 13.7. The fourth-order valence-electron chi connectivity index (χ4n) is 1.90. The van der Waals surface area contributed by atoms with E-state index < -0.39 is 17.4 Å². The van der Waals surface area contributed by atoms with Gasteiger partial charge in [0.15, 0.2) is 5.78 Å². The molecule has 0 bridgehead atoms. The summed E-state index contributed by atoms with van der Waals surface area (Å²) in [4.78, 5) is 24.2. The zero-order valence-corrected chi connectivity index (χ0v) is 11.6. The molecule has 3 nitrogen and oxygen atoms in total. The lowest BCUT2D eigenvalue weighted by atomic mass is 10.0. The van der Waals surface area contributed by atoms with Crippen molar-refractivity contribution in [3.8, 4) is 0 Å². The molecular formula is C16H13F2NO2. The molecule has 5 heteroatoms. The predicted molar refractivity (Wildman–Crippen MR) is 75.4 cm³/mol. The molecule has 0 unspecified atom stereocenters. The van der Waals surface area contributed by atoms with Gasteiger partial charge < -0.3 is 4.90 Å². The van der Waals surface area contributed by atoms with Crippen LogP contribution in [0.4, 0.5) is 14.5 Å². The molecule has 0 aromatic heterocycles. The largest absolute Gasteiger partial charge is 0.318 e. The number of rotatable bonds is 4. The number of ketones is 1. The van der Waals surface area contributed by atoms with Gasteiger partial charge in [-0.25, -0.2) is 8.78 Å². The second-order valence-corrected chi connectivity index (χ2v) is 4.67. The molecule has 0 heterocycles. The van der Waals surface area contributed by atoms with Crippen molar-refractivity contribution in [2.75, 3.05) is 11.9 Å². The zero-order valence-electron chi connectivity index (χ0n) is 11.6. The van der Waals surface area contributed by atoms with Crippen LogP contribution in [0.15, 0.2) is 36.4 Å². The number of hydrogen-bond donors (Lipinski definition) is 0. The van der Waals surface area contributed by atoms with E-state index in [1.807, 2.05) is 0 Å². The lowest BCUT2D eigenvalue weighted by Crippen LogP contribution is -2.13. The zero-order chi connectivity index (χ0) is 15.6. The summed E-state index contributed by atoms with van der Waals surface area (Å²) in [6.07, 6.45) is 0.639. The first-order valence-corrected chi connectivity index (χ1v) is 6.22. The maximum absolute atomic E-state index is 13.7. The number of anilines is 1. The van der Waals surface area contributed by atoms with Gasteiger partial charge in [0, 0.05) is 24.4 Å². The summed E-state index contributed by atoms with van der Waals surface area (Å²) < 4.78 is 26.9. The highest BCUT2D eigenvalue weighted by molar-refractivity contribution is 6.09. The molecule has 0 aliphatic carbocycles. The molecular weight excluding hydrogens is 276 g/mol. The summed E-state index contributed by atoms with van der Waals surface area (Å²) in [6, 6.07) is 8.05. The van der Waals surface area contributed by atoms with Gasteiger partial charge >= 0.3 is 0 Å². The molecule has 0 saturated heterocycles. The van der Waals surface area contributed by atoms with Crippen LogP contribution in [-0.4, -0.2) is 19.2 Å². The van der Waals surface area contributed by atoms with Crippen LogP contribution in [0.5, 0.6) is 0 Å². The van der Waals surface area contributed by atoms with E-state index in [9.17, 15) is 18.4 Å². The average molecular weight is 289 g/mol. The number of carbonyl (C=O) groups excluding carboxylic acids is 2. The number of nitrogens with zero attached hydrogens (tertiary/aromatic N) is 1. The van der Waals surface area contributed by atoms with Crippen LogP contribution >= 0.6 is 0 Å². The smallest absolute Gasteiger partial charge is 0.213 e. The molecule has 2 aromatic rings. The maximum Gasteiger partial charge on any atom is 0.213 e. The second-order valence-electron chi connectivity index (χ2n) is 4.67. The number of hydrogen-bond acceptors (Lipinski definition) is 2. The Morgan fingerprint density at radius 2 is 1.71 bits per heavy atom. The molecule has 0 fully saturated rings. The molecule has 0 radical (unpaired) electrons. The second kappa shape index (κ2) is 5.83. The van der Waals surface area contributed by atoms with Gasteiger partial charge in [0.1, 0.15) is 11.6 Å². The van der Waals surface area contributed by atoms with E-state index in [1.165, 1.54) is 30.0 Å². The molecule has 21 heavy (non-hydrogen) atoms. The molecule has 0 N–H and O–H groups in total. The van der Waals surface area contributed by atoms with Crippen LogP contribution in [0, 0.1) is 18.6 Å². The number of aryl methyl sites for hydroxylation is 1. The van der Waals surface area contributed by atoms with Gasteiger partial charge in [-0.15, -0.1) is 0 Å². The monoisotopic (exact) mass is 289 g/mol. The highest BCUT2D eigenvalue weighted by Crippen LogP contribution is 2.20. The quantitative estimate of drug-likeness (QED) is 0.640. The van der Waals surface area contributed by atoms with Crippen molar-refractivity contribution in [1.82, 2.24) is 0 Å². The first-order valence-electron chi connectivity index (χ1n) is 6.22. The van der Waals surface area contributed by atoms with Crippen molar-refractivity contribution < 1.29 is 18.4 Å². The molecule has 0 atom stereocenters. The van der Waals surface area contributed by atoms with E-state index >= 15 is 0 Å². The first-order chi connectivity index (χ1) is 9.93. The van der Waals surface area contributed by atoms with E-state index in [-0.39, 0.29) is 16.7 Å². The van der Waals surface area contributed by atoms with Crippen LogP contribution in [0.2, 0.25) is 0 Å². The lowest BCUT2D eigenvalue weighted by Gasteiger charge is -2.11. The Hall–Kier alpha value is -2.56. The summed E-state index contributed by atoms with van der Waals surface area (Å²) in [6.45, 7) is 1.47. The summed E-state index contributed by atoms with van der Waals surface area (Å²) in [5, 5.41) is 0. The summed E-state index contributed by atoms with van der Waals surface area (Å²) in [5.41, 5.74) is 0.905. The summed E-state index contributed by atoms with van der Waals surface area (Å²) in [7, 11) is 1.58. The van der Waals surface area contributed by atoms with Gasteiger partial charge in [-0.1, -0.05) is 0 Å². The highest BCUT2D eigenvalue weighted by Gasteiger charge is 2.16. The van der Waals surface area contributed by atoms with Crippen molar-refractivity contribution in [3.63, 3.8) is 0 Å². The molecule has 2 aromatic carbocycles. The third kappa shape index (κ3) is 2.97.